The second-order valence-electron chi connectivity index (χ2n) is 8.18. The molecule has 3 aliphatic rings. The van der Waals surface area contributed by atoms with Crippen LogP contribution in [0.15, 0.2) is 30.3 Å². The van der Waals surface area contributed by atoms with Crippen molar-refractivity contribution in [2.75, 3.05) is 26.3 Å². The van der Waals surface area contributed by atoms with Gasteiger partial charge in [0.15, 0.2) is 0 Å². The molecular formula is C22H25FN2O. The van der Waals surface area contributed by atoms with Gasteiger partial charge in [0, 0.05) is 11.0 Å². The number of hydrogen-bond donors (Lipinski definition) is 0. The summed E-state index contributed by atoms with van der Waals surface area (Å²) in [6.45, 7) is 5.86. The van der Waals surface area contributed by atoms with E-state index in [0.717, 1.165) is 44.0 Å². The van der Waals surface area contributed by atoms with Gasteiger partial charge in [-0.2, -0.15) is 0 Å². The van der Waals surface area contributed by atoms with Crippen LogP contribution in [0.25, 0.3) is 11.3 Å². The molecule has 0 saturated carbocycles. The highest BCUT2D eigenvalue weighted by atomic mass is 19.1. The highest BCUT2D eigenvalue weighted by molar-refractivity contribution is 5.61. The van der Waals surface area contributed by atoms with Gasteiger partial charge in [-0.1, -0.05) is 18.2 Å². The molecule has 0 N–H and O–H groups in total. The predicted octanol–water partition coefficient (Wildman–Crippen LogP) is 3.87. The minimum atomic E-state index is -0.157. The molecule has 3 nitrogen and oxygen atoms in total. The number of aromatic nitrogens is 1. The molecule has 2 aromatic rings. The van der Waals surface area contributed by atoms with Crippen LogP contribution in [-0.2, 0) is 16.6 Å². The van der Waals surface area contributed by atoms with Crippen LogP contribution in [0.2, 0.25) is 0 Å². The Labute approximate surface area is 154 Å². The number of halogens is 1. The standard InChI is InChI=1S/C22H25FN2O/c1-15-2-3-17(12-19(15)23)20-5-4-16-6-7-22(21(16)24-20)8-10-25(11-9-22)18-13-26-14-18/h2-5,12,18H,6-11,13-14H2,1H3. The van der Waals surface area contributed by atoms with E-state index < -0.39 is 0 Å². The van der Waals surface area contributed by atoms with E-state index in [-0.39, 0.29) is 11.2 Å². The van der Waals surface area contributed by atoms with E-state index in [2.05, 4.69) is 17.0 Å². The molecule has 0 atom stereocenters. The summed E-state index contributed by atoms with van der Waals surface area (Å²) in [5, 5.41) is 0. The van der Waals surface area contributed by atoms with Gasteiger partial charge in [0.25, 0.3) is 0 Å². The van der Waals surface area contributed by atoms with Gasteiger partial charge in [0.2, 0.25) is 0 Å². The molecule has 0 bridgehead atoms. The Hall–Kier alpha value is -1.78. The molecule has 0 unspecified atom stereocenters. The van der Waals surface area contributed by atoms with Gasteiger partial charge in [0.1, 0.15) is 5.82 Å². The van der Waals surface area contributed by atoms with Gasteiger partial charge < -0.3 is 4.74 Å². The van der Waals surface area contributed by atoms with Crippen molar-refractivity contribution in [1.29, 1.82) is 0 Å². The van der Waals surface area contributed by atoms with Crippen LogP contribution >= 0.6 is 0 Å². The van der Waals surface area contributed by atoms with Crippen molar-refractivity contribution in [1.82, 2.24) is 9.88 Å². The Kier molecular flexibility index (Phi) is 3.87. The number of likely N-dealkylation sites (tertiary alicyclic amines) is 1. The summed E-state index contributed by atoms with van der Waals surface area (Å²) in [6.07, 6.45) is 4.68. The number of fused-ring (bicyclic) bond motifs is 2. The van der Waals surface area contributed by atoms with E-state index in [9.17, 15) is 4.39 Å². The first-order valence-corrected chi connectivity index (χ1v) is 9.73. The second-order valence-corrected chi connectivity index (χ2v) is 8.18. The number of piperidine rings is 1. The highest BCUT2D eigenvalue weighted by Crippen LogP contribution is 2.46. The Bertz CT molecular complexity index is 838. The summed E-state index contributed by atoms with van der Waals surface area (Å²) >= 11 is 0. The molecule has 3 heterocycles. The average molecular weight is 352 g/mol. The van der Waals surface area contributed by atoms with Crippen molar-refractivity contribution >= 4 is 0 Å². The Morgan fingerprint density at radius 2 is 1.92 bits per heavy atom. The third-order valence-electron chi connectivity index (χ3n) is 6.71. The average Bonchev–Trinajstić information content (AvgIpc) is 2.96. The zero-order chi connectivity index (χ0) is 17.7. The lowest BCUT2D eigenvalue weighted by Gasteiger charge is -2.45. The fourth-order valence-electron chi connectivity index (χ4n) is 4.79. The number of pyridine rings is 1. The number of aryl methyl sites for hydroxylation is 2. The molecule has 5 rings (SSSR count). The van der Waals surface area contributed by atoms with Gasteiger partial charge in [0.05, 0.1) is 30.6 Å². The first kappa shape index (κ1) is 16.4. The molecule has 0 amide bonds. The number of benzene rings is 1. The van der Waals surface area contributed by atoms with Gasteiger partial charge in [-0.15, -0.1) is 0 Å². The SMILES string of the molecule is Cc1ccc(-c2ccc3c(n2)C2(CC3)CCN(C3COC3)CC2)cc1F. The van der Waals surface area contributed by atoms with Gasteiger partial charge in [-0.25, -0.2) is 4.39 Å². The fraction of sp³-hybridized carbons (Fsp3) is 0.500. The lowest BCUT2D eigenvalue weighted by molar-refractivity contribution is -0.0760. The van der Waals surface area contributed by atoms with Crippen molar-refractivity contribution in [3.05, 3.63) is 53.0 Å². The topological polar surface area (TPSA) is 25.4 Å². The van der Waals surface area contributed by atoms with E-state index in [0.29, 0.717) is 11.6 Å². The zero-order valence-electron chi connectivity index (χ0n) is 15.3. The maximum absolute atomic E-state index is 14.0. The Balaban J connectivity index is 1.44. The minimum Gasteiger partial charge on any atom is -0.378 e. The van der Waals surface area contributed by atoms with Gasteiger partial charge >= 0.3 is 0 Å². The number of ether oxygens (including phenoxy) is 1. The number of hydrogen-bond acceptors (Lipinski definition) is 3. The quantitative estimate of drug-likeness (QED) is 0.820. The molecule has 2 saturated heterocycles. The summed E-state index contributed by atoms with van der Waals surface area (Å²) in [6, 6.07) is 10.3. The van der Waals surface area contributed by atoms with E-state index in [1.165, 1.54) is 30.5 Å². The van der Waals surface area contributed by atoms with Gasteiger partial charge in [-0.3, -0.25) is 9.88 Å². The molecule has 26 heavy (non-hydrogen) atoms. The van der Waals surface area contributed by atoms with Crippen molar-refractivity contribution in [3.63, 3.8) is 0 Å². The monoisotopic (exact) mass is 352 g/mol. The minimum absolute atomic E-state index is 0.157. The van der Waals surface area contributed by atoms with E-state index in [4.69, 9.17) is 9.72 Å². The summed E-state index contributed by atoms with van der Waals surface area (Å²) in [5.74, 6) is -0.157. The predicted molar refractivity (Wildman–Crippen MR) is 99.8 cm³/mol. The summed E-state index contributed by atoms with van der Waals surface area (Å²) in [5.41, 5.74) is 5.34. The van der Waals surface area contributed by atoms with Crippen molar-refractivity contribution < 1.29 is 9.13 Å². The smallest absolute Gasteiger partial charge is 0.126 e. The van der Waals surface area contributed by atoms with E-state index in [1.54, 1.807) is 13.0 Å². The zero-order valence-corrected chi connectivity index (χ0v) is 15.3. The fourth-order valence-corrected chi connectivity index (χ4v) is 4.79. The Morgan fingerprint density at radius 1 is 1.12 bits per heavy atom. The van der Waals surface area contributed by atoms with Crippen molar-refractivity contribution in [3.8, 4) is 11.3 Å². The molecule has 2 aliphatic heterocycles. The van der Waals surface area contributed by atoms with Crippen LogP contribution in [0.5, 0.6) is 0 Å². The largest absolute Gasteiger partial charge is 0.378 e. The van der Waals surface area contributed by atoms with Crippen molar-refractivity contribution in [2.45, 2.75) is 44.1 Å². The van der Waals surface area contributed by atoms with Crippen LogP contribution < -0.4 is 0 Å². The molecule has 1 aliphatic carbocycles. The molecule has 1 spiro atoms. The van der Waals surface area contributed by atoms with Crippen LogP contribution in [-0.4, -0.2) is 42.2 Å². The Morgan fingerprint density at radius 3 is 2.62 bits per heavy atom. The highest BCUT2D eigenvalue weighted by Gasteiger charge is 2.44. The molecule has 4 heteroatoms. The van der Waals surface area contributed by atoms with Crippen LogP contribution in [0.4, 0.5) is 4.39 Å². The van der Waals surface area contributed by atoms with Crippen LogP contribution in [0, 0.1) is 12.7 Å². The van der Waals surface area contributed by atoms with Crippen molar-refractivity contribution in [2.24, 2.45) is 0 Å². The van der Waals surface area contributed by atoms with Crippen LogP contribution in [0.3, 0.4) is 0 Å². The maximum atomic E-state index is 14.0. The molecule has 2 fully saturated rings. The van der Waals surface area contributed by atoms with E-state index in [1.807, 2.05) is 12.1 Å². The lowest BCUT2D eigenvalue weighted by atomic mass is 9.75. The first-order valence-electron chi connectivity index (χ1n) is 9.73. The normalized spacial score (nSPS) is 22.4. The third kappa shape index (κ3) is 2.58. The summed E-state index contributed by atoms with van der Waals surface area (Å²) in [4.78, 5) is 7.65. The third-order valence-corrected chi connectivity index (χ3v) is 6.71. The molecule has 1 aromatic carbocycles. The van der Waals surface area contributed by atoms with E-state index >= 15 is 0 Å². The number of rotatable bonds is 2. The van der Waals surface area contributed by atoms with Gasteiger partial charge in [-0.05, 0) is 69.0 Å². The second kappa shape index (κ2) is 6.14. The lowest BCUT2D eigenvalue weighted by Crippen LogP contribution is -2.54. The summed E-state index contributed by atoms with van der Waals surface area (Å²) in [7, 11) is 0. The first-order chi connectivity index (χ1) is 12.6. The maximum Gasteiger partial charge on any atom is 0.126 e. The molecular weight excluding hydrogens is 327 g/mol. The molecule has 0 radical (unpaired) electrons. The number of nitrogens with zero attached hydrogens (tertiary/aromatic N) is 2. The molecule has 1 aromatic heterocycles. The summed E-state index contributed by atoms with van der Waals surface area (Å²) < 4.78 is 19.4. The molecule has 136 valence electrons. The van der Waals surface area contributed by atoms with Crippen LogP contribution in [0.1, 0.15) is 36.1 Å².